The average Bonchev–Trinajstić information content (AvgIpc) is 2.58. The van der Waals surface area contributed by atoms with Crippen LogP contribution in [0.4, 0.5) is 5.69 Å². The number of allylic oxidation sites excluding steroid dienone is 2. The lowest BCUT2D eigenvalue weighted by Gasteiger charge is -1.99. The molecule has 2 rings (SSSR count). The molecule has 5 nitrogen and oxygen atoms in total. The Hall–Kier alpha value is -3.21. The summed E-state index contributed by atoms with van der Waals surface area (Å²) in [6.45, 7) is 0. The van der Waals surface area contributed by atoms with E-state index < -0.39 is 4.92 Å². The number of hydrogen-bond acceptors (Lipinski definition) is 4. The number of ether oxygens (including phenoxy) is 1. The summed E-state index contributed by atoms with van der Waals surface area (Å²) in [7, 11) is 1.58. The second kappa shape index (κ2) is 7.70. The highest BCUT2D eigenvalue weighted by Gasteiger charge is 2.02. The van der Waals surface area contributed by atoms with Gasteiger partial charge in [-0.15, -0.1) is 0 Å². The molecular weight excluding hydrogens is 294 g/mol. The molecule has 0 saturated heterocycles. The number of benzene rings is 2. The van der Waals surface area contributed by atoms with E-state index in [1.54, 1.807) is 31.4 Å². The summed E-state index contributed by atoms with van der Waals surface area (Å²) in [5.74, 6) is 0.548. The first kappa shape index (κ1) is 16.2. The maximum absolute atomic E-state index is 11.8. The van der Waals surface area contributed by atoms with Gasteiger partial charge >= 0.3 is 0 Å². The van der Waals surface area contributed by atoms with Crippen molar-refractivity contribution in [1.29, 1.82) is 0 Å². The first-order valence-electron chi connectivity index (χ1n) is 6.87. The van der Waals surface area contributed by atoms with Gasteiger partial charge in [0.05, 0.1) is 12.0 Å². The molecule has 0 aliphatic rings. The van der Waals surface area contributed by atoms with Crippen LogP contribution in [-0.4, -0.2) is 17.8 Å². The molecule has 0 fully saturated rings. The number of nitrogens with zero attached hydrogens (tertiary/aromatic N) is 1. The van der Waals surface area contributed by atoms with E-state index >= 15 is 0 Å². The van der Waals surface area contributed by atoms with E-state index in [1.807, 2.05) is 24.3 Å². The van der Waals surface area contributed by atoms with E-state index in [0.29, 0.717) is 0 Å². The molecular formula is C18H15NO4. The van der Waals surface area contributed by atoms with Gasteiger partial charge in [-0.3, -0.25) is 14.9 Å². The van der Waals surface area contributed by atoms with Gasteiger partial charge in [-0.2, -0.15) is 0 Å². The lowest BCUT2D eigenvalue weighted by molar-refractivity contribution is -0.384. The fraction of sp³-hybridized carbons (Fsp3) is 0.0556. The number of non-ortho nitro benzene ring substituents is 1. The Morgan fingerprint density at radius 1 is 1.04 bits per heavy atom. The Labute approximate surface area is 133 Å². The van der Waals surface area contributed by atoms with Crippen LogP contribution in [0.1, 0.15) is 11.1 Å². The molecule has 0 saturated carbocycles. The number of hydrogen-bond donors (Lipinski definition) is 0. The zero-order chi connectivity index (χ0) is 16.7. The molecule has 0 aliphatic heterocycles. The van der Waals surface area contributed by atoms with E-state index in [4.69, 9.17) is 4.74 Å². The van der Waals surface area contributed by atoms with Crippen molar-refractivity contribution >= 4 is 23.6 Å². The predicted molar refractivity (Wildman–Crippen MR) is 89.2 cm³/mol. The van der Waals surface area contributed by atoms with Gasteiger partial charge < -0.3 is 4.74 Å². The Morgan fingerprint density at radius 2 is 1.70 bits per heavy atom. The summed E-state index contributed by atoms with van der Waals surface area (Å²) in [6.07, 6.45) is 6.18. The number of carbonyl (C=O) groups excluding carboxylic acids is 1. The van der Waals surface area contributed by atoms with Crippen LogP contribution in [0.15, 0.2) is 60.7 Å². The summed E-state index contributed by atoms with van der Waals surface area (Å²) < 4.78 is 5.11. The van der Waals surface area contributed by atoms with Gasteiger partial charge in [0.1, 0.15) is 5.75 Å². The third-order valence-electron chi connectivity index (χ3n) is 3.08. The van der Waals surface area contributed by atoms with E-state index in [1.165, 1.54) is 24.3 Å². The van der Waals surface area contributed by atoms with Crippen molar-refractivity contribution in [2.24, 2.45) is 0 Å². The van der Waals surface area contributed by atoms with Crippen LogP contribution in [0.5, 0.6) is 5.75 Å². The smallest absolute Gasteiger partial charge is 0.269 e. The van der Waals surface area contributed by atoms with Crippen molar-refractivity contribution in [1.82, 2.24) is 0 Å². The van der Waals surface area contributed by atoms with Crippen LogP contribution in [-0.2, 0) is 4.79 Å². The van der Waals surface area contributed by atoms with Crippen LogP contribution < -0.4 is 4.74 Å². The van der Waals surface area contributed by atoms with Gasteiger partial charge in [0.15, 0.2) is 5.78 Å². The van der Waals surface area contributed by atoms with Gasteiger partial charge in [0.25, 0.3) is 5.69 Å². The fourth-order valence-electron chi connectivity index (χ4n) is 1.86. The summed E-state index contributed by atoms with van der Waals surface area (Å²) in [6, 6.07) is 13.3. The normalized spacial score (nSPS) is 11.0. The Balaban J connectivity index is 2.00. The van der Waals surface area contributed by atoms with E-state index in [9.17, 15) is 14.9 Å². The average molecular weight is 309 g/mol. The van der Waals surface area contributed by atoms with Gasteiger partial charge in [0, 0.05) is 12.1 Å². The zero-order valence-corrected chi connectivity index (χ0v) is 12.5. The lowest BCUT2D eigenvalue weighted by Crippen LogP contribution is -1.88. The van der Waals surface area contributed by atoms with Crippen LogP contribution in [0.2, 0.25) is 0 Å². The molecule has 0 amide bonds. The molecule has 2 aromatic rings. The SMILES string of the molecule is COc1cccc(/C=C/C(=O)/C=C/c2ccc([N+](=O)[O-])cc2)c1. The van der Waals surface area contributed by atoms with E-state index in [-0.39, 0.29) is 11.5 Å². The Kier molecular flexibility index (Phi) is 5.41. The van der Waals surface area contributed by atoms with Gasteiger partial charge in [0.2, 0.25) is 0 Å². The fourth-order valence-corrected chi connectivity index (χ4v) is 1.86. The predicted octanol–water partition coefficient (Wildman–Crippen LogP) is 3.90. The summed E-state index contributed by atoms with van der Waals surface area (Å²) in [5.41, 5.74) is 1.60. The van der Waals surface area contributed by atoms with Crippen molar-refractivity contribution in [3.63, 3.8) is 0 Å². The molecule has 0 atom stereocenters. The van der Waals surface area contributed by atoms with Crippen LogP contribution in [0.25, 0.3) is 12.2 Å². The van der Waals surface area contributed by atoms with Crippen molar-refractivity contribution in [2.45, 2.75) is 0 Å². The second-order valence-electron chi connectivity index (χ2n) is 4.69. The minimum absolute atomic E-state index is 0.0198. The maximum Gasteiger partial charge on any atom is 0.269 e. The number of rotatable bonds is 6. The molecule has 0 heterocycles. The highest BCUT2D eigenvalue weighted by molar-refractivity contribution is 6.04. The van der Waals surface area contributed by atoms with Crippen molar-refractivity contribution in [2.75, 3.05) is 7.11 Å². The molecule has 0 bridgehead atoms. The van der Waals surface area contributed by atoms with Crippen LogP contribution in [0, 0.1) is 10.1 Å². The zero-order valence-electron chi connectivity index (χ0n) is 12.5. The van der Waals surface area contributed by atoms with Crippen LogP contribution >= 0.6 is 0 Å². The molecule has 0 N–H and O–H groups in total. The first-order valence-corrected chi connectivity index (χ1v) is 6.87. The summed E-state index contributed by atoms with van der Waals surface area (Å²) in [4.78, 5) is 21.9. The van der Waals surface area contributed by atoms with Crippen molar-refractivity contribution < 1.29 is 14.5 Å². The summed E-state index contributed by atoms with van der Waals surface area (Å²) in [5, 5.41) is 10.6. The number of methoxy groups -OCH3 is 1. The number of ketones is 1. The Morgan fingerprint density at radius 3 is 2.30 bits per heavy atom. The first-order chi connectivity index (χ1) is 11.1. The standard InChI is InChI=1S/C18H15NO4/c1-23-18-4-2-3-15(13-18)8-12-17(20)11-7-14-5-9-16(10-6-14)19(21)22/h2-13H,1H3/b11-7+,12-8+. The van der Waals surface area contributed by atoms with Crippen molar-refractivity contribution in [3.8, 4) is 5.75 Å². The van der Waals surface area contributed by atoms with Gasteiger partial charge in [-0.05, 0) is 47.5 Å². The highest BCUT2D eigenvalue weighted by atomic mass is 16.6. The van der Waals surface area contributed by atoms with Gasteiger partial charge in [-0.1, -0.05) is 24.3 Å². The molecule has 0 spiro atoms. The topological polar surface area (TPSA) is 69.4 Å². The molecule has 116 valence electrons. The lowest BCUT2D eigenvalue weighted by atomic mass is 10.1. The van der Waals surface area contributed by atoms with E-state index in [2.05, 4.69) is 0 Å². The minimum Gasteiger partial charge on any atom is -0.497 e. The summed E-state index contributed by atoms with van der Waals surface area (Å²) >= 11 is 0. The number of nitro benzene ring substituents is 1. The third-order valence-corrected chi connectivity index (χ3v) is 3.08. The third kappa shape index (κ3) is 4.93. The molecule has 0 radical (unpaired) electrons. The number of carbonyl (C=O) groups is 1. The van der Waals surface area contributed by atoms with Crippen LogP contribution in [0.3, 0.4) is 0 Å². The van der Waals surface area contributed by atoms with Gasteiger partial charge in [-0.25, -0.2) is 0 Å². The number of nitro groups is 1. The monoisotopic (exact) mass is 309 g/mol. The second-order valence-corrected chi connectivity index (χ2v) is 4.69. The molecule has 0 unspecified atom stereocenters. The van der Waals surface area contributed by atoms with Crippen molar-refractivity contribution in [3.05, 3.63) is 81.9 Å². The molecule has 5 heteroatoms. The molecule has 2 aromatic carbocycles. The molecule has 23 heavy (non-hydrogen) atoms. The minimum atomic E-state index is -0.463. The quantitative estimate of drug-likeness (QED) is 0.461. The van der Waals surface area contributed by atoms with E-state index in [0.717, 1.165) is 16.9 Å². The molecule has 0 aromatic heterocycles. The Bertz CT molecular complexity index is 761. The maximum atomic E-state index is 11.8. The highest BCUT2D eigenvalue weighted by Crippen LogP contribution is 2.14. The largest absolute Gasteiger partial charge is 0.497 e. The molecule has 0 aliphatic carbocycles.